The molecular formula is C39H52O9. The van der Waals surface area contributed by atoms with Crippen molar-refractivity contribution in [3.05, 3.63) is 41.5 Å². The molecule has 9 heteroatoms. The van der Waals surface area contributed by atoms with Gasteiger partial charge in [-0.1, -0.05) is 38.8 Å². The molecule has 5 fully saturated rings. The van der Waals surface area contributed by atoms with Gasteiger partial charge in [0, 0.05) is 42.2 Å². The van der Waals surface area contributed by atoms with E-state index in [1.54, 1.807) is 13.2 Å². The Morgan fingerprint density at radius 1 is 0.958 bits per heavy atom. The number of methoxy groups -OCH3 is 1. The molecule has 1 spiro atoms. The Morgan fingerprint density at radius 2 is 1.73 bits per heavy atom. The standard InChI is InChI=1S/C39H52O9/c1-37-18-16-28(46-33(42)9-7-5-4-6-8-32(40)41)21-26(37)12-15-30-29(37)17-19-38(2)35(25-20-34(43)45-23-25)31-22-39(30,38)48-36(47-31)24-10-13-27(44-3)14-11-24/h10-11,13-14,20,26,28-31,35-36H,4-9,12,15-19,21-23H2,1-3H3,(H,40,41)/t26-,28+,29+,30-,31+,35+,36?,37+,38-,39+/m1/s1. The van der Waals surface area contributed by atoms with E-state index < -0.39 is 12.3 Å². The molecule has 4 aliphatic carbocycles. The maximum Gasteiger partial charge on any atom is 0.331 e. The summed E-state index contributed by atoms with van der Waals surface area (Å²) in [5, 5.41) is 8.82. The van der Waals surface area contributed by atoms with Crippen LogP contribution in [0.3, 0.4) is 0 Å². The summed E-state index contributed by atoms with van der Waals surface area (Å²) in [6, 6.07) is 8.00. The third-order valence-corrected chi connectivity index (χ3v) is 13.7. The molecule has 48 heavy (non-hydrogen) atoms. The molecule has 7 rings (SSSR count). The SMILES string of the molecule is COc1ccc(C2O[C@H]3C[C@]4(O2)[C@@H]2CC[C@@H]5C[C@@H](OC(=O)CCCCCCC(=O)O)CC[C@]5(C)[C@H]2CC[C@]4(C)[C@H]3C2=CC(=O)OC2)cc1. The van der Waals surface area contributed by atoms with E-state index in [4.69, 9.17) is 28.8 Å². The van der Waals surface area contributed by atoms with E-state index in [-0.39, 0.29) is 52.9 Å². The average molecular weight is 665 g/mol. The van der Waals surface area contributed by atoms with Gasteiger partial charge in [-0.25, -0.2) is 4.79 Å². The Hall–Kier alpha value is -2.91. The number of esters is 2. The first-order chi connectivity index (χ1) is 23.1. The van der Waals surface area contributed by atoms with Crippen LogP contribution in [-0.4, -0.2) is 54.5 Å². The average Bonchev–Trinajstić information content (AvgIpc) is 3.56. The van der Waals surface area contributed by atoms with Crippen LogP contribution in [0.15, 0.2) is 35.9 Å². The minimum absolute atomic E-state index is 0.0305. The molecule has 2 bridgehead atoms. The number of carbonyl (C=O) groups excluding carboxylic acids is 2. The van der Waals surface area contributed by atoms with Crippen LogP contribution in [0, 0.1) is 34.5 Å². The second kappa shape index (κ2) is 13.1. The van der Waals surface area contributed by atoms with Crippen molar-refractivity contribution in [1.82, 2.24) is 0 Å². The molecule has 0 amide bonds. The smallest absolute Gasteiger partial charge is 0.331 e. The van der Waals surface area contributed by atoms with Crippen LogP contribution >= 0.6 is 0 Å². The fourth-order valence-electron chi connectivity index (χ4n) is 11.3. The molecule has 1 aromatic carbocycles. The number of fused-ring (bicyclic) bond motifs is 4. The highest BCUT2D eigenvalue weighted by Crippen LogP contribution is 2.73. The van der Waals surface area contributed by atoms with Crippen LogP contribution in [0.5, 0.6) is 5.75 Å². The zero-order chi connectivity index (χ0) is 33.7. The van der Waals surface area contributed by atoms with Gasteiger partial charge in [0.2, 0.25) is 0 Å². The normalized spacial score (nSPS) is 39.8. The Kier molecular flexibility index (Phi) is 9.16. The van der Waals surface area contributed by atoms with Gasteiger partial charge in [-0.15, -0.1) is 0 Å². The summed E-state index contributed by atoms with van der Waals surface area (Å²) >= 11 is 0. The number of rotatable bonds is 11. The lowest BCUT2D eigenvalue weighted by atomic mass is 9.43. The fourth-order valence-corrected chi connectivity index (χ4v) is 11.3. The van der Waals surface area contributed by atoms with Crippen molar-refractivity contribution in [3.63, 3.8) is 0 Å². The number of aliphatic carboxylic acids is 1. The summed E-state index contributed by atoms with van der Waals surface area (Å²) in [6.07, 6.45) is 12.8. The second-order valence-electron chi connectivity index (χ2n) is 15.9. The molecule has 1 aromatic rings. The van der Waals surface area contributed by atoms with Crippen molar-refractivity contribution >= 4 is 17.9 Å². The van der Waals surface area contributed by atoms with Crippen LogP contribution in [0.25, 0.3) is 0 Å². The molecule has 1 unspecified atom stereocenters. The zero-order valence-corrected chi connectivity index (χ0v) is 28.7. The first-order valence-corrected chi connectivity index (χ1v) is 18.3. The Balaban J connectivity index is 1.08. The molecule has 4 saturated carbocycles. The summed E-state index contributed by atoms with van der Waals surface area (Å²) in [7, 11) is 1.67. The van der Waals surface area contributed by atoms with Crippen molar-refractivity contribution in [2.45, 2.75) is 128 Å². The topological polar surface area (TPSA) is 118 Å². The molecule has 0 aromatic heterocycles. The van der Waals surface area contributed by atoms with Crippen LogP contribution in [0.1, 0.15) is 116 Å². The monoisotopic (exact) mass is 664 g/mol. The van der Waals surface area contributed by atoms with Crippen molar-refractivity contribution < 1.29 is 43.2 Å². The number of benzene rings is 1. The van der Waals surface area contributed by atoms with Gasteiger partial charge < -0.3 is 28.8 Å². The molecule has 9 nitrogen and oxygen atoms in total. The third kappa shape index (κ3) is 5.76. The minimum Gasteiger partial charge on any atom is -0.497 e. The lowest BCUT2D eigenvalue weighted by Gasteiger charge is -2.65. The Labute approximate surface area is 284 Å². The molecule has 6 aliphatic rings. The highest BCUT2D eigenvalue weighted by Gasteiger charge is 2.74. The molecule has 262 valence electrons. The van der Waals surface area contributed by atoms with E-state index in [2.05, 4.69) is 13.8 Å². The van der Waals surface area contributed by atoms with Crippen LogP contribution in [0.2, 0.25) is 0 Å². The quantitative estimate of drug-likeness (QED) is 0.192. The summed E-state index contributed by atoms with van der Waals surface area (Å²) in [4.78, 5) is 35.8. The summed E-state index contributed by atoms with van der Waals surface area (Å²) < 4.78 is 31.1. The van der Waals surface area contributed by atoms with E-state index in [0.29, 0.717) is 37.2 Å². The van der Waals surface area contributed by atoms with E-state index in [1.165, 1.54) is 0 Å². The number of cyclic esters (lactones) is 1. The number of unbranched alkanes of at least 4 members (excludes halogenated alkanes) is 3. The number of hydrogen-bond acceptors (Lipinski definition) is 8. The highest BCUT2D eigenvalue weighted by atomic mass is 16.7. The molecule has 1 N–H and O–H groups in total. The van der Waals surface area contributed by atoms with E-state index in [9.17, 15) is 14.4 Å². The van der Waals surface area contributed by atoms with E-state index >= 15 is 0 Å². The van der Waals surface area contributed by atoms with Crippen molar-refractivity contribution in [3.8, 4) is 5.75 Å². The number of carboxylic acids is 1. The number of carboxylic acid groups (broad SMARTS) is 1. The zero-order valence-electron chi connectivity index (χ0n) is 28.7. The van der Waals surface area contributed by atoms with Crippen molar-refractivity contribution in [1.29, 1.82) is 0 Å². The second-order valence-corrected chi connectivity index (χ2v) is 15.9. The molecule has 2 heterocycles. The lowest BCUT2D eigenvalue weighted by Crippen LogP contribution is -2.63. The van der Waals surface area contributed by atoms with Crippen molar-refractivity contribution in [2.75, 3.05) is 13.7 Å². The van der Waals surface area contributed by atoms with Gasteiger partial charge in [-0.2, -0.15) is 0 Å². The third-order valence-electron chi connectivity index (χ3n) is 13.7. The number of ether oxygens (including phenoxy) is 5. The first kappa shape index (κ1) is 33.6. The first-order valence-electron chi connectivity index (χ1n) is 18.3. The molecular weight excluding hydrogens is 612 g/mol. The lowest BCUT2D eigenvalue weighted by molar-refractivity contribution is -0.319. The van der Waals surface area contributed by atoms with E-state index in [0.717, 1.165) is 87.5 Å². The predicted octanol–water partition coefficient (Wildman–Crippen LogP) is 7.32. The van der Waals surface area contributed by atoms with Gasteiger partial charge in [0.05, 0.1) is 18.8 Å². The summed E-state index contributed by atoms with van der Waals surface area (Å²) in [5.41, 5.74) is 1.60. The fraction of sp³-hybridized carbons (Fsp3) is 0.718. The van der Waals surface area contributed by atoms with Crippen LogP contribution in [0.4, 0.5) is 0 Å². The Bertz CT molecular complexity index is 1420. The molecule has 0 radical (unpaired) electrons. The van der Waals surface area contributed by atoms with Crippen molar-refractivity contribution in [2.24, 2.45) is 34.5 Å². The van der Waals surface area contributed by atoms with Gasteiger partial charge >= 0.3 is 17.9 Å². The van der Waals surface area contributed by atoms with Gasteiger partial charge in [-0.05, 0) is 98.7 Å². The van der Waals surface area contributed by atoms with Crippen LogP contribution < -0.4 is 4.74 Å². The maximum absolute atomic E-state index is 12.8. The maximum atomic E-state index is 12.8. The minimum atomic E-state index is -0.765. The Morgan fingerprint density at radius 3 is 2.44 bits per heavy atom. The summed E-state index contributed by atoms with van der Waals surface area (Å²) in [6.45, 7) is 5.23. The molecule has 1 saturated heterocycles. The number of carbonyl (C=O) groups is 3. The van der Waals surface area contributed by atoms with Gasteiger partial charge in [0.15, 0.2) is 6.29 Å². The van der Waals surface area contributed by atoms with Gasteiger partial charge in [0.25, 0.3) is 0 Å². The van der Waals surface area contributed by atoms with Crippen LogP contribution in [-0.2, 0) is 33.3 Å². The predicted molar refractivity (Wildman–Crippen MR) is 176 cm³/mol. The van der Waals surface area contributed by atoms with Gasteiger partial charge in [-0.3, -0.25) is 9.59 Å². The van der Waals surface area contributed by atoms with E-state index in [1.807, 2.05) is 24.3 Å². The van der Waals surface area contributed by atoms with Gasteiger partial charge in [0.1, 0.15) is 18.5 Å². The summed E-state index contributed by atoms with van der Waals surface area (Å²) in [5.74, 6) is 1.08. The largest absolute Gasteiger partial charge is 0.497 e. The molecule has 10 atom stereocenters. The number of hydrogen-bond donors (Lipinski definition) is 1. The highest BCUT2D eigenvalue weighted by molar-refractivity contribution is 5.85. The molecule has 2 aliphatic heterocycles.